The van der Waals surface area contributed by atoms with E-state index in [0.717, 1.165) is 18.2 Å². The minimum atomic E-state index is 0.345. The van der Waals surface area contributed by atoms with E-state index in [1.165, 1.54) is 37.9 Å². The van der Waals surface area contributed by atoms with Crippen LogP contribution in [-0.2, 0) is 0 Å². The molecule has 1 saturated heterocycles. The summed E-state index contributed by atoms with van der Waals surface area (Å²) in [5.74, 6) is 1.87. The maximum atomic E-state index is 5.43. The maximum Gasteiger partial charge on any atom is 0.123 e. The van der Waals surface area contributed by atoms with Gasteiger partial charge in [0.15, 0.2) is 0 Å². The summed E-state index contributed by atoms with van der Waals surface area (Å²) in [7, 11) is 3.96. The monoisotopic (exact) mass is 276 g/mol. The van der Waals surface area contributed by atoms with Gasteiger partial charge < -0.3 is 15.0 Å². The number of benzene rings is 1. The van der Waals surface area contributed by atoms with Gasteiger partial charge in [-0.25, -0.2) is 0 Å². The molecule has 1 aliphatic rings. The van der Waals surface area contributed by atoms with Crippen LogP contribution in [-0.4, -0.2) is 38.7 Å². The Bertz CT molecular complexity index is 400. The molecule has 0 aliphatic carbocycles. The van der Waals surface area contributed by atoms with Gasteiger partial charge in [-0.15, -0.1) is 0 Å². The third-order valence-electron chi connectivity index (χ3n) is 4.45. The number of rotatable bonds is 6. The fourth-order valence-corrected chi connectivity index (χ4v) is 2.99. The van der Waals surface area contributed by atoms with E-state index in [9.17, 15) is 0 Å². The average molecular weight is 276 g/mol. The smallest absolute Gasteiger partial charge is 0.123 e. The van der Waals surface area contributed by atoms with Crippen molar-refractivity contribution in [1.29, 1.82) is 0 Å². The zero-order valence-electron chi connectivity index (χ0n) is 13.1. The molecule has 112 valence electrons. The summed E-state index contributed by atoms with van der Waals surface area (Å²) in [6, 6.07) is 8.62. The molecular formula is C17H28N2O. The molecule has 1 unspecified atom stereocenters. The number of para-hydroxylation sites is 1. The molecule has 1 fully saturated rings. The molecule has 1 atom stereocenters. The number of ether oxygens (including phenoxy) is 1. The van der Waals surface area contributed by atoms with Crippen LogP contribution in [0.15, 0.2) is 24.3 Å². The minimum absolute atomic E-state index is 0.345. The Morgan fingerprint density at radius 1 is 1.30 bits per heavy atom. The van der Waals surface area contributed by atoms with Gasteiger partial charge in [0.25, 0.3) is 0 Å². The normalized spacial score (nSPS) is 18.9. The van der Waals surface area contributed by atoms with Crippen LogP contribution in [0.5, 0.6) is 5.75 Å². The first kappa shape index (κ1) is 15.3. The molecule has 0 bridgehead atoms. The topological polar surface area (TPSA) is 24.5 Å². The number of nitrogens with one attached hydrogen (secondary N) is 1. The SMILES string of the molecule is COc1ccccc1C(C)NCCC1CCN(C)CC1. The Hall–Kier alpha value is -1.06. The van der Waals surface area contributed by atoms with Gasteiger partial charge in [-0.1, -0.05) is 18.2 Å². The second-order valence-electron chi connectivity index (χ2n) is 5.95. The highest BCUT2D eigenvalue weighted by atomic mass is 16.5. The zero-order valence-corrected chi connectivity index (χ0v) is 13.1. The summed E-state index contributed by atoms with van der Waals surface area (Å²) in [4.78, 5) is 2.43. The van der Waals surface area contributed by atoms with Crippen molar-refractivity contribution in [3.8, 4) is 5.75 Å². The third kappa shape index (κ3) is 4.22. The molecule has 0 radical (unpaired) electrons. The van der Waals surface area contributed by atoms with Crippen molar-refractivity contribution in [1.82, 2.24) is 10.2 Å². The Labute approximate surface area is 123 Å². The van der Waals surface area contributed by atoms with Crippen molar-refractivity contribution in [3.05, 3.63) is 29.8 Å². The van der Waals surface area contributed by atoms with Gasteiger partial charge in [0, 0.05) is 11.6 Å². The van der Waals surface area contributed by atoms with Crippen LogP contribution in [0, 0.1) is 5.92 Å². The fourth-order valence-electron chi connectivity index (χ4n) is 2.99. The maximum absolute atomic E-state index is 5.43. The molecule has 1 aromatic carbocycles. The first-order chi connectivity index (χ1) is 9.70. The summed E-state index contributed by atoms with van der Waals surface area (Å²) >= 11 is 0. The van der Waals surface area contributed by atoms with E-state index < -0.39 is 0 Å². The highest BCUT2D eigenvalue weighted by molar-refractivity contribution is 5.35. The molecule has 3 heteroatoms. The van der Waals surface area contributed by atoms with Crippen LogP contribution in [0.3, 0.4) is 0 Å². The third-order valence-corrected chi connectivity index (χ3v) is 4.45. The quantitative estimate of drug-likeness (QED) is 0.864. The van der Waals surface area contributed by atoms with Crippen LogP contribution in [0.25, 0.3) is 0 Å². The van der Waals surface area contributed by atoms with E-state index in [4.69, 9.17) is 4.74 Å². The molecule has 0 saturated carbocycles. The lowest BCUT2D eigenvalue weighted by molar-refractivity contribution is 0.210. The molecule has 0 amide bonds. The largest absolute Gasteiger partial charge is 0.496 e. The number of hydrogen-bond donors (Lipinski definition) is 1. The van der Waals surface area contributed by atoms with Crippen LogP contribution < -0.4 is 10.1 Å². The van der Waals surface area contributed by atoms with E-state index >= 15 is 0 Å². The van der Waals surface area contributed by atoms with Crippen molar-refractivity contribution in [2.75, 3.05) is 33.8 Å². The van der Waals surface area contributed by atoms with E-state index in [0.29, 0.717) is 6.04 Å². The summed E-state index contributed by atoms with van der Waals surface area (Å²) < 4.78 is 5.43. The number of likely N-dealkylation sites (tertiary alicyclic amines) is 1. The molecule has 3 nitrogen and oxygen atoms in total. The molecular weight excluding hydrogens is 248 g/mol. The van der Waals surface area contributed by atoms with Gasteiger partial charge in [0.05, 0.1) is 7.11 Å². The fraction of sp³-hybridized carbons (Fsp3) is 0.647. The second kappa shape index (κ2) is 7.65. The van der Waals surface area contributed by atoms with Crippen molar-refractivity contribution >= 4 is 0 Å². The Morgan fingerprint density at radius 3 is 2.70 bits per heavy atom. The van der Waals surface area contributed by atoms with E-state index in [-0.39, 0.29) is 0 Å². The van der Waals surface area contributed by atoms with Gasteiger partial charge in [0.2, 0.25) is 0 Å². The highest BCUT2D eigenvalue weighted by Crippen LogP contribution is 2.25. The van der Waals surface area contributed by atoms with E-state index in [1.54, 1.807) is 7.11 Å². The number of piperidine rings is 1. The molecule has 0 spiro atoms. The summed E-state index contributed by atoms with van der Waals surface area (Å²) in [6.45, 7) is 5.82. The molecule has 1 N–H and O–H groups in total. The molecule has 20 heavy (non-hydrogen) atoms. The molecule has 0 aromatic heterocycles. The van der Waals surface area contributed by atoms with Crippen LogP contribution in [0.2, 0.25) is 0 Å². The summed E-state index contributed by atoms with van der Waals surface area (Å²) in [6.07, 6.45) is 3.98. The lowest BCUT2D eigenvalue weighted by atomic mass is 9.93. The molecule has 1 heterocycles. The Kier molecular flexibility index (Phi) is 5.86. The van der Waals surface area contributed by atoms with Gasteiger partial charge in [0.1, 0.15) is 5.75 Å². The molecule has 1 aliphatic heterocycles. The lowest BCUT2D eigenvalue weighted by Gasteiger charge is -2.29. The minimum Gasteiger partial charge on any atom is -0.496 e. The summed E-state index contributed by atoms with van der Waals surface area (Å²) in [5, 5.41) is 3.64. The lowest BCUT2D eigenvalue weighted by Crippen LogP contribution is -2.32. The predicted octanol–water partition coefficient (Wildman–Crippen LogP) is 3.08. The predicted molar refractivity (Wildman–Crippen MR) is 84.2 cm³/mol. The van der Waals surface area contributed by atoms with Crippen LogP contribution >= 0.6 is 0 Å². The van der Waals surface area contributed by atoms with Gasteiger partial charge in [-0.3, -0.25) is 0 Å². The van der Waals surface area contributed by atoms with Gasteiger partial charge in [-0.05, 0) is 64.9 Å². The van der Waals surface area contributed by atoms with Gasteiger partial charge >= 0.3 is 0 Å². The van der Waals surface area contributed by atoms with Crippen LogP contribution in [0.1, 0.15) is 37.8 Å². The molecule has 1 aromatic rings. The second-order valence-corrected chi connectivity index (χ2v) is 5.95. The first-order valence-electron chi connectivity index (χ1n) is 7.75. The Balaban J connectivity index is 1.76. The van der Waals surface area contributed by atoms with Crippen LogP contribution in [0.4, 0.5) is 0 Å². The van der Waals surface area contributed by atoms with E-state index in [2.05, 4.69) is 36.3 Å². The zero-order chi connectivity index (χ0) is 14.4. The van der Waals surface area contributed by atoms with Crippen molar-refractivity contribution in [3.63, 3.8) is 0 Å². The van der Waals surface area contributed by atoms with Crippen molar-refractivity contribution in [2.24, 2.45) is 5.92 Å². The average Bonchev–Trinajstić information content (AvgIpc) is 2.49. The molecule has 2 rings (SSSR count). The number of hydrogen-bond acceptors (Lipinski definition) is 3. The first-order valence-corrected chi connectivity index (χ1v) is 7.75. The summed E-state index contributed by atoms with van der Waals surface area (Å²) in [5.41, 5.74) is 1.25. The van der Waals surface area contributed by atoms with Gasteiger partial charge in [-0.2, -0.15) is 0 Å². The Morgan fingerprint density at radius 2 is 2.00 bits per heavy atom. The number of methoxy groups -OCH3 is 1. The standard InChI is InChI=1S/C17H28N2O/c1-14(16-6-4-5-7-17(16)20-3)18-11-8-15-9-12-19(2)13-10-15/h4-7,14-15,18H,8-13H2,1-3H3. The van der Waals surface area contributed by atoms with Crippen molar-refractivity contribution < 1.29 is 4.74 Å². The number of nitrogens with zero attached hydrogens (tertiary/aromatic N) is 1. The highest BCUT2D eigenvalue weighted by Gasteiger charge is 2.17. The van der Waals surface area contributed by atoms with Crippen molar-refractivity contribution in [2.45, 2.75) is 32.2 Å². The van der Waals surface area contributed by atoms with E-state index in [1.807, 2.05) is 12.1 Å².